The molecule has 0 saturated carbocycles. The second-order valence-electron chi connectivity index (χ2n) is 3.40. The third-order valence-corrected chi connectivity index (χ3v) is 1.92. The highest BCUT2D eigenvalue weighted by molar-refractivity contribution is 6.30. The van der Waals surface area contributed by atoms with E-state index in [2.05, 4.69) is 0 Å². The molecule has 1 aromatic carbocycles. The number of benzene rings is 1. The second-order valence-corrected chi connectivity index (χ2v) is 3.81. The standard InChI is InChI=1S/C11H12ClFO3/c1-7(2)16-11(14)6-15-8-3-4-9(12)10(13)5-8/h3-5,7H,6H2,1-2H3. The average Bonchev–Trinajstić information content (AvgIpc) is 2.19. The fourth-order valence-electron chi connectivity index (χ4n) is 1.01. The Labute approximate surface area is 98.1 Å². The molecule has 0 aromatic heterocycles. The SMILES string of the molecule is CC(C)OC(=O)COc1ccc(Cl)c(F)c1. The summed E-state index contributed by atoms with van der Waals surface area (Å²) in [4.78, 5) is 11.1. The zero-order valence-electron chi connectivity index (χ0n) is 9.00. The van der Waals surface area contributed by atoms with Crippen molar-refractivity contribution in [3.63, 3.8) is 0 Å². The van der Waals surface area contributed by atoms with Gasteiger partial charge in [0, 0.05) is 6.07 Å². The van der Waals surface area contributed by atoms with E-state index in [4.69, 9.17) is 21.1 Å². The predicted octanol–water partition coefficient (Wildman–Crippen LogP) is 2.81. The van der Waals surface area contributed by atoms with Gasteiger partial charge in [-0.1, -0.05) is 11.6 Å². The van der Waals surface area contributed by atoms with E-state index < -0.39 is 11.8 Å². The van der Waals surface area contributed by atoms with Crippen LogP contribution in [0.1, 0.15) is 13.8 Å². The molecule has 1 aromatic rings. The lowest BCUT2D eigenvalue weighted by Gasteiger charge is -2.09. The Kier molecular flexibility index (Phi) is 4.55. The quantitative estimate of drug-likeness (QED) is 0.767. The molecular weight excluding hydrogens is 235 g/mol. The summed E-state index contributed by atoms with van der Waals surface area (Å²) >= 11 is 5.49. The van der Waals surface area contributed by atoms with Gasteiger partial charge < -0.3 is 9.47 Å². The second kappa shape index (κ2) is 5.70. The minimum atomic E-state index is -0.587. The van der Waals surface area contributed by atoms with Crippen molar-refractivity contribution in [3.8, 4) is 5.75 Å². The molecule has 3 nitrogen and oxygen atoms in total. The third-order valence-electron chi connectivity index (χ3n) is 1.61. The van der Waals surface area contributed by atoms with Crippen molar-refractivity contribution in [2.75, 3.05) is 6.61 Å². The van der Waals surface area contributed by atoms with E-state index in [-0.39, 0.29) is 23.5 Å². The van der Waals surface area contributed by atoms with Crippen molar-refractivity contribution in [2.24, 2.45) is 0 Å². The van der Waals surface area contributed by atoms with Gasteiger partial charge in [-0.2, -0.15) is 0 Å². The fraction of sp³-hybridized carbons (Fsp3) is 0.364. The van der Waals surface area contributed by atoms with Crippen LogP contribution < -0.4 is 4.74 Å². The third kappa shape index (κ3) is 4.06. The molecule has 0 fully saturated rings. The summed E-state index contributed by atoms with van der Waals surface area (Å²) in [6, 6.07) is 3.96. The highest BCUT2D eigenvalue weighted by Gasteiger charge is 2.07. The van der Waals surface area contributed by atoms with Gasteiger partial charge in [-0.15, -0.1) is 0 Å². The van der Waals surface area contributed by atoms with Gasteiger partial charge in [-0.3, -0.25) is 0 Å². The summed E-state index contributed by atoms with van der Waals surface area (Å²) in [5.74, 6) is -0.843. The Balaban J connectivity index is 2.48. The molecule has 0 aliphatic carbocycles. The first kappa shape index (κ1) is 12.8. The summed E-state index contributed by atoms with van der Waals surface area (Å²) in [6.07, 6.45) is -0.196. The number of esters is 1. The lowest BCUT2D eigenvalue weighted by molar-refractivity contribution is -0.149. The number of hydrogen-bond acceptors (Lipinski definition) is 3. The molecular formula is C11H12ClFO3. The summed E-state index contributed by atoms with van der Waals surface area (Å²) < 4.78 is 22.9. The van der Waals surface area contributed by atoms with Gasteiger partial charge in [0.1, 0.15) is 11.6 Å². The van der Waals surface area contributed by atoms with Crippen molar-refractivity contribution in [3.05, 3.63) is 29.0 Å². The van der Waals surface area contributed by atoms with Gasteiger partial charge in [-0.25, -0.2) is 9.18 Å². The van der Waals surface area contributed by atoms with Crippen LogP contribution in [0.2, 0.25) is 5.02 Å². The molecule has 1 rings (SSSR count). The van der Waals surface area contributed by atoms with Crippen molar-refractivity contribution in [2.45, 2.75) is 20.0 Å². The topological polar surface area (TPSA) is 35.5 Å². The number of hydrogen-bond donors (Lipinski definition) is 0. The highest BCUT2D eigenvalue weighted by Crippen LogP contribution is 2.20. The molecule has 0 unspecified atom stereocenters. The van der Waals surface area contributed by atoms with Gasteiger partial charge in [0.05, 0.1) is 11.1 Å². The van der Waals surface area contributed by atoms with Gasteiger partial charge in [0.15, 0.2) is 6.61 Å². The van der Waals surface area contributed by atoms with Crippen LogP contribution in [0.25, 0.3) is 0 Å². The molecule has 0 aliphatic heterocycles. The molecule has 0 atom stereocenters. The van der Waals surface area contributed by atoms with E-state index >= 15 is 0 Å². The van der Waals surface area contributed by atoms with Crippen LogP contribution in [-0.2, 0) is 9.53 Å². The van der Waals surface area contributed by atoms with Gasteiger partial charge in [-0.05, 0) is 26.0 Å². The van der Waals surface area contributed by atoms with Crippen LogP contribution in [0.4, 0.5) is 4.39 Å². The molecule has 0 heterocycles. The first-order valence-corrected chi connectivity index (χ1v) is 5.14. The zero-order valence-corrected chi connectivity index (χ0v) is 9.75. The first-order chi connectivity index (χ1) is 7.49. The summed E-state index contributed by atoms with van der Waals surface area (Å²) in [6.45, 7) is 3.22. The Morgan fingerprint density at radius 2 is 2.19 bits per heavy atom. The van der Waals surface area contributed by atoms with Crippen molar-refractivity contribution in [1.82, 2.24) is 0 Å². The maximum absolute atomic E-state index is 13.0. The van der Waals surface area contributed by atoms with Gasteiger partial charge >= 0.3 is 5.97 Å². The maximum Gasteiger partial charge on any atom is 0.344 e. The molecule has 0 saturated heterocycles. The largest absolute Gasteiger partial charge is 0.482 e. The monoisotopic (exact) mass is 246 g/mol. The summed E-state index contributed by atoms with van der Waals surface area (Å²) in [7, 11) is 0. The van der Waals surface area contributed by atoms with Gasteiger partial charge in [0.2, 0.25) is 0 Å². The molecule has 0 aliphatic rings. The van der Waals surface area contributed by atoms with E-state index in [9.17, 15) is 9.18 Å². The van der Waals surface area contributed by atoms with E-state index in [0.29, 0.717) is 0 Å². The normalized spacial score (nSPS) is 10.3. The average molecular weight is 247 g/mol. The van der Waals surface area contributed by atoms with Crippen molar-refractivity contribution >= 4 is 17.6 Å². The molecule has 5 heteroatoms. The molecule has 0 amide bonds. The zero-order chi connectivity index (χ0) is 12.1. The molecule has 88 valence electrons. The van der Waals surface area contributed by atoms with E-state index in [1.54, 1.807) is 13.8 Å². The summed E-state index contributed by atoms with van der Waals surface area (Å²) in [5, 5.41) is 0.0112. The van der Waals surface area contributed by atoms with Crippen LogP contribution in [0.15, 0.2) is 18.2 Å². The number of carbonyl (C=O) groups is 1. The van der Waals surface area contributed by atoms with Crippen LogP contribution in [0, 0.1) is 5.82 Å². The van der Waals surface area contributed by atoms with Gasteiger partial charge in [0.25, 0.3) is 0 Å². The van der Waals surface area contributed by atoms with Crippen LogP contribution in [0.5, 0.6) is 5.75 Å². The van der Waals surface area contributed by atoms with E-state index in [1.165, 1.54) is 12.1 Å². The van der Waals surface area contributed by atoms with Crippen molar-refractivity contribution < 1.29 is 18.7 Å². The van der Waals surface area contributed by atoms with Crippen LogP contribution in [0.3, 0.4) is 0 Å². The Morgan fingerprint density at radius 3 is 2.75 bits per heavy atom. The number of rotatable bonds is 4. The minimum absolute atomic E-state index is 0.0112. The first-order valence-electron chi connectivity index (χ1n) is 4.76. The Bertz CT molecular complexity index is 379. The number of ether oxygens (including phenoxy) is 2. The van der Waals surface area contributed by atoms with E-state index in [1.807, 2.05) is 0 Å². The lowest BCUT2D eigenvalue weighted by atomic mass is 10.3. The Hall–Kier alpha value is -1.29. The highest BCUT2D eigenvalue weighted by atomic mass is 35.5. The summed E-state index contributed by atoms with van der Waals surface area (Å²) in [5.41, 5.74) is 0. The lowest BCUT2D eigenvalue weighted by Crippen LogP contribution is -2.18. The number of halogens is 2. The fourth-order valence-corrected chi connectivity index (χ4v) is 1.12. The molecule has 0 bridgehead atoms. The Morgan fingerprint density at radius 1 is 1.50 bits per heavy atom. The molecule has 0 N–H and O–H groups in total. The maximum atomic E-state index is 13.0. The molecule has 0 radical (unpaired) electrons. The van der Waals surface area contributed by atoms with E-state index in [0.717, 1.165) is 6.07 Å². The molecule has 16 heavy (non-hydrogen) atoms. The van der Waals surface area contributed by atoms with Crippen LogP contribution >= 0.6 is 11.6 Å². The minimum Gasteiger partial charge on any atom is -0.482 e. The number of carbonyl (C=O) groups excluding carboxylic acids is 1. The van der Waals surface area contributed by atoms with Crippen LogP contribution in [-0.4, -0.2) is 18.7 Å². The predicted molar refractivity (Wildman–Crippen MR) is 58.1 cm³/mol. The van der Waals surface area contributed by atoms with Crippen molar-refractivity contribution in [1.29, 1.82) is 0 Å². The molecule has 0 spiro atoms. The smallest absolute Gasteiger partial charge is 0.344 e.